The number of hydrogen-bond donors (Lipinski definition) is 1. The number of hydrogen-bond acceptors (Lipinski definition) is 7. The van der Waals surface area contributed by atoms with Gasteiger partial charge in [0.25, 0.3) is 0 Å². The number of aromatic nitrogens is 1. The third kappa shape index (κ3) is 2.11. The van der Waals surface area contributed by atoms with Crippen molar-refractivity contribution in [2.75, 3.05) is 31.3 Å². The minimum Gasteiger partial charge on any atom is -0.394 e. The van der Waals surface area contributed by atoms with Gasteiger partial charge >= 0.3 is 5.69 Å². The molecule has 8 heteroatoms. The number of nitro benzene ring substituents is 1. The predicted octanol–water partition coefficient (Wildman–Crippen LogP) is 1.40. The molecule has 106 valence electrons. The third-order valence-electron chi connectivity index (χ3n) is 3.38. The standard InChI is InChI=1S/C12H13N3O4S/c16-5-8-6-19-4-3-14(8)9-1-2-10-11(13-7-20-10)12(9)15(17)18/h1-2,7-8,16H,3-6H2. The first-order valence-corrected chi connectivity index (χ1v) is 7.06. The van der Waals surface area contributed by atoms with Gasteiger partial charge in [0.1, 0.15) is 5.69 Å². The van der Waals surface area contributed by atoms with Gasteiger partial charge in [0, 0.05) is 6.54 Å². The molecule has 20 heavy (non-hydrogen) atoms. The maximum absolute atomic E-state index is 11.4. The van der Waals surface area contributed by atoms with Crippen LogP contribution in [0.3, 0.4) is 0 Å². The highest BCUT2D eigenvalue weighted by molar-refractivity contribution is 7.16. The van der Waals surface area contributed by atoms with Crippen LogP contribution in [0.2, 0.25) is 0 Å². The highest BCUT2D eigenvalue weighted by Crippen LogP contribution is 2.37. The van der Waals surface area contributed by atoms with Crippen LogP contribution in [0.15, 0.2) is 17.6 Å². The number of morpholine rings is 1. The summed E-state index contributed by atoms with van der Waals surface area (Å²) in [5.41, 5.74) is 2.50. The van der Waals surface area contributed by atoms with E-state index in [-0.39, 0.29) is 18.3 Å². The summed E-state index contributed by atoms with van der Waals surface area (Å²) in [5.74, 6) is 0. The molecule has 1 aliphatic heterocycles. The molecule has 1 atom stereocenters. The summed E-state index contributed by atoms with van der Waals surface area (Å²) in [5, 5.41) is 20.8. The number of nitrogens with zero attached hydrogens (tertiary/aromatic N) is 3. The molecule has 1 fully saturated rings. The van der Waals surface area contributed by atoms with Gasteiger partial charge in [-0.05, 0) is 12.1 Å². The van der Waals surface area contributed by atoms with Crippen molar-refractivity contribution in [3.05, 3.63) is 27.8 Å². The summed E-state index contributed by atoms with van der Waals surface area (Å²) in [7, 11) is 0. The average molecular weight is 295 g/mol. The topological polar surface area (TPSA) is 88.7 Å². The summed E-state index contributed by atoms with van der Waals surface area (Å²) in [4.78, 5) is 17.0. The lowest BCUT2D eigenvalue weighted by molar-refractivity contribution is -0.382. The van der Waals surface area contributed by atoms with Crippen LogP contribution in [0.25, 0.3) is 10.2 Å². The van der Waals surface area contributed by atoms with E-state index in [4.69, 9.17) is 4.74 Å². The van der Waals surface area contributed by atoms with E-state index in [9.17, 15) is 15.2 Å². The molecular formula is C12H13N3O4S. The Hall–Kier alpha value is -1.77. The molecule has 3 rings (SSSR count). The van der Waals surface area contributed by atoms with Crippen LogP contribution in [0, 0.1) is 10.1 Å². The van der Waals surface area contributed by atoms with Crippen LogP contribution < -0.4 is 4.90 Å². The van der Waals surface area contributed by atoms with Gasteiger partial charge in [0.15, 0.2) is 5.52 Å². The fraction of sp³-hybridized carbons (Fsp3) is 0.417. The van der Waals surface area contributed by atoms with Gasteiger partial charge < -0.3 is 14.7 Å². The van der Waals surface area contributed by atoms with E-state index in [2.05, 4.69) is 4.98 Å². The zero-order chi connectivity index (χ0) is 14.1. The molecule has 1 aromatic heterocycles. The smallest absolute Gasteiger partial charge is 0.319 e. The normalized spacial score (nSPS) is 19.4. The maximum atomic E-state index is 11.4. The van der Waals surface area contributed by atoms with E-state index < -0.39 is 4.92 Å². The van der Waals surface area contributed by atoms with E-state index in [1.807, 2.05) is 11.0 Å². The first-order valence-electron chi connectivity index (χ1n) is 6.18. The van der Waals surface area contributed by atoms with Crippen molar-refractivity contribution in [2.45, 2.75) is 6.04 Å². The SMILES string of the molecule is O=[N+]([O-])c1c(N2CCOCC2CO)ccc2scnc12. The van der Waals surface area contributed by atoms with Crippen molar-refractivity contribution in [1.29, 1.82) is 0 Å². The van der Waals surface area contributed by atoms with E-state index >= 15 is 0 Å². The highest BCUT2D eigenvalue weighted by atomic mass is 32.1. The molecule has 2 aromatic rings. The number of rotatable bonds is 3. The maximum Gasteiger partial charge on any atom is 0.319 e. The summed E-state index contributed by atoms with van der Waals surface area (Å²) in [6, 6.07) is 3.30. The first-order chi connectivity index (χ1) is 9.72. The Balaban J connectivity index is 2.14. The van der Waals surface area contributed by atoms with Gasteiger partial charge in [-0.15, -0.1) is 11.3 Å². The number of thiazole rings is 1. The minimum absolute atomic E-state index is 0.00380. The van der Waals surface area contributed by atoms with Crippen molar-refractivity contribution in [2.24, 2.45) is 0 Å². The van der Waals surface area contributed by atoms with E-state index in [0.29, 0.717) is 31.0 Å². The molecule has 1 N–H and O–H groups in total. The number of aliphatic hydroxyl groups is 1. The number of benzene rings is 1. The molecule has 0 aliphatic carbocycles. The molecule has 0 saturated carbocycles. The van der Waals surface area contributed by atoms with Crippen LogP contribution >= 0.6 is 11.3 Å². The Bertz CT molecular complexity index is 645. The van der Waals surface area contributed by atoms with Crippen LogP contribution in [0.5, 0.6) is 0 Å². The second-order valence-corrected chi connectivity index (χ2v) is 5.38. The molecule has 1 saturated heterocycles. The molecule has 0 amide bonds. The summed E-state index contributed by atoms with van der Waals surface area (Å²) >= 11 is 1.37. The Morgan fingerprint density at radius 1 is 1.60 bits per heavy atom. The molecule has 0 spiro atoms. The molecule has 0 bridgehead atoms. The van der Waals surface area contributed by atoms with Gasteiger partial charge in [-0.3, -0.25) is 10.1 Å². The number of fused-ring (bicyclic) bond motifs is 1. The lowest BCUT2D eigenvalue weighted by Crippen LogP contribution is -2.47. The molecule has 0 radical (unpaired) electrons. The molecule has 1 unspecified atom stereocenters. The minimum atomic E-state index is -0.402. The molecule has 1 aromatic carbocycles. The molecule has 7 nitrogen and oxygen atoms in total. The number of ether oxygens (including phenoxy) is 1. The quantitative estimate of drug-likeness (QED) is 0.680. The second-order valence-electron chi connectivity index (χ2n) is 4.49. The molecule has 2 heterocycles. The lowest BCUT2D eigenvalue weighted by Gasteiger charge is -2.35. The average Bonchev–Trinajstić information content (AvgIpc) is 2.94. The second kappa shape index (κ2) is 5.31. The Labute approximate surface area is 118 Å². The number of aliphatic hydroxyl groups excluding tert-OH is 1. The predicted molar refractivity (Wildman–Crippen MR) is 75.3 cm³/mol. The van der Waals surface area contributed by atoms with E-state index in [0.717, 1.165) is 4.70 Å². The summed E-state index contributed by atoms with van der Waals surface area (Å²) < 4.78 is 6.10. The fourth-order valence-corrected chi connectivity index (χ4v) is 3.12. The Morgan fingerprint density at radius 2 is 2.45 bits per heavy atom. The van der Waals surface area contributed by atoms with Gasteiger partial charge in [0.05, 0.1) is 41.0 Å². The van der Waals surface area contributed by atoms with E-state index in [1.54, 1.807) is 11.6 Å². The van der Waals surface area contributed by atoms with E-state index in [1.165, 1.54) is 11.3 Å². The zero-order valence-electron chi connectivity index (χ0n) is 10.6. The molecular weight excluding hydrogens is 282 g/mol. The first kappa shape index (κ1) is 13.2. The molecule has 1 aliphatic rings. The summed E-state index contributed by atoms with van der Waals surface area (Å²) in [6.07, 6.45) is 0. The van der Waals surface area contributed by atoms with Crippen LogP contribution in [-0.2, 0) is 4.74 Å². The number of nitro groups is 1. The van der Waals surface area contributed by atoms with Crippen LogP contribution in [-0.4, -0.2) is 47.4 Å². The number of anilines is 1. The zero-order valence-corrected chi connectivity index (χ0v) is 11.4. The monoisotopic (exact) mass is 295 g/mol. The van der Waals surface area contributed by atoms with Gasteiger partial charge in [-0.2, -0.15) is 0 Å². The lowest BCUT2D eigenvalue weighted by atomic mass is 10.1. The van der Waals surface area contributed by atoms with Crippen LogP contribution in [0.4, 0.5) is 11.4 Å². The third-order valence-corrected chi connectivity index (χ3v) is 4.18. The van der Waals surface area contributed by atoms with Crippen molar-refractivity contribution < 1.29 is 14.8 Å². The van der Waals surface area contributed by atoms with Gasteiger partial charge in [-0.1, -0.05) is 0 Å². The Kier molecular flexibility index (Phi) is 3.51. The van der Waals surface area contributed by atoms with Crippen LogP contribution in [0.1, 0.15) is 0 Å². The van der Waals surface area contributed by atoms with Crippen molar-refractivity contribution >= 4 is 32.9 Å². The van der Waals surface area contributed by atoms with Crippen molar-refractivity contribution in [3.63, 3.8) is 0 Å². The summed E-state index contributed by atoms with van der Waals surface area (Å²) in [6.45, 7) is 1.26. The Morgan fingerprint density at radius 3 is 3.20 bits per heavy atom. The van der Waals surface area contributed by atoms with Crippen molar-refractivity contribution in [1.82, 2.24) is 4.98 Å². The largest absolute Gasteiger partial charge is 0.394 e. The van der Waals surface area contributed by atoms with Gasteiger partial charge in [0.2, 0.25) is 0 Å². The van der Waals surface area contributed by atoms with Crippen molar-refractivity contribution in [3.8, 4) is 0 Å². The van der Waals surface area contributed by atoms with Gasteiger partial charge in [-0.25, -0.2) is 4.98 Å². The highest BCUT2D eigenvalue weighted by Gasteiger charge is 2.30. The fourth-order valence-electron chi connectivity index (χ4n) is 2.44.